The van der Waals surface area contributed by atoms with Gasteiger partial charge in [-0.25, -0.2) is 13.2 Å². The molecule has 0 aromatic heterocycles. The highest BCUT2D eigenvalue weighted by Gasteiger charge is 2.40. The minimum absolute atomic E-state index is 0.0553. The molecule has 0 heterocycles. The summed E-state index contributed by atoms with van der Waals surface area (Å²) in [5, 5.41) is 7.62. The second kappa shape index (κ2) is 11.0. The van der Waals surface area contributed by atoms with Gasteiger partial charge in [-0.15, -0.1) is 0 Å². The van der Waals surface area contributed by atoms with Crippen molar-refractivity contribution in [1.29, 1.82) is 0 Å². The van der Waals surface area contributed by atoms with Gasteiger partial charge in [0.1, 0.15) is 5.82 Å². The molecule has 2 aromatic carbocycles. The maximum Gasteiger partial charge on any atom is 0.471 e. The first-order chi connectivity index (χ1) is 16.4. The number of guanidine groups is 1. The second-order valence-corrected chi connectivity index (χ2v) is 8.28. The fraction of sp³-hybridized carbons (Fsp3) is 0.318. The first-order valence-electron chi connectivity index (χ1n) is 10.4. The molecule has 0 spiro atoms. The van der Waals surface area contributed by atoms with Crippen molar-refractivity contribution in [3.8, 4) is 0 Å². The number of benzene rings is 2. The summed E-state index contributed by atoms with van der Waals surface area (Å²) in [6.45, 7) is 0. The van der Waals surface area contributed by atoms with Gasteiger partial charge >= 0.3 is 12.1 Å². The Bertz CT molecular complexity index is 1110. The van der Waals surface area contributed by atoms with Crippen LogP contribution in [0.3, 0.4) is 0 Å². The molecule has 1 fully saturated rings. The lowest BCUT2D eigenvalue weighted by molar-refractivity contribution is -0.174. The molecule has 0 bridgehead atoms. The van der Waals surface area contributed by atoms with E-state index in [1.165, 1.54) is 6.07 Å². The molecule has 0 aliphatic heterocycles. The zero-order valence-electron chi connectivity index (χ0n) is 17.9. The van der Waals surface area contributed by atoms with E-state index in [0.717, 1.165) is 24.3 Å². The van der Waals surface area contributed by atoms with E-state index in [0.29, 0.717) is 18.9 Å². The first kappa shape index (κ1) is 26.3. The number of alkyl halides is 3. The number of nitrogens with one attached hydrogen (secondary N) is 3. The number of halogens is 7. The van der Waals surface area contributed by atoms with Gasteiger partial charge in [0.25, 0.3) is 5.91 Å². The molecule has 3 N–H and O–H groups in total. The van der Waals surface area contributed by atoms with E-state index >= 15 is 0 Å². The monoisotopic (exact) mass is 520 g/mol. The Labute approximate surface area is 200 Å². The molecule has 0 unspecified atom stereocenters. The molecule has 0 radical (unpaired) electrons. The summed E-state index contributed by atoms with van der Waals surface area (Å²) in [6.07, 6.45) is -3.92. The van der Waals surface area contributed by atoms with Crippen molar-refractivity contribution in [2.45, 2.75) is 43.9 Å². The van der Waals surface area contributed by atoms with Crippen molar-refractivity contribution in [2.75, 3.05) is 5.32 Å². The highest BCUT2D eigenvalue weighted by Crippen LogP contribution is 2.22. The van der Waals surface area contributed by atoms with Crippen molar-refractivity contribution in [3.05, 3.63) is 64.4 Å². The maximum absolute atomic E-state index is 13.7. The van der Waals surface area contributed by atoms with Crippen LogP contribution in [0.4, 0.5) is 32.0 Å². The largest absolute Gasteiger partial charge is 0.471 e. The standard InChI is InChI=1S/C22H19ClF6N4O2/c23-12-8-13(24)10-16(9-12)32-21(33-19(34)11-1-6-17(25)18(26)7-11)31-15-4-2-14(3-5-15)30-20(35)22(27,28)29/h1,6-10,14-15H,2-5H2,(H,30,35)(H2,31,32,33,34)/t14-,15-. The Morgan fingerprint density at radius 1 is 0.886 bits per heavy atom. The number of anilines is 1. The average Bonchev–Trinajstić information content (AvgIpc) is 2.75. The molecule has 2 amide bonds. The van der Waals surface area contributed by atoms with Crippen LogP contribution in [0.15, 0.2) is 41.4 Å². The number of hydrogen-bond acceptors (Lipinski definition) is 2. The highest BCUT2D eigenvalue weighted by atomic mass is 35.5. The smallest absolute Gasteiger partial charge is 0.353 e. The van der Waals surface area contributed by atoms with E-state index in [9.17, 15) is 35.9 Å². The van der Waals surface area contributed by atoms with Gasteiger partial charge in [-0.1, -0.05) is 11.6 Å². The summed E-state index contributed by atoms with van der Waals surface area (Å²) in [7, 11) is 0. The van der Waals surface area contributed by atoms with E-state index in [2.05, 4.69) is 15.6 Å². The quantitative estimate of drug-likeness (QED) is 0.303. The van der Waals surface area contributed by atoms with Gasteiger partial charge in [0.2, 0.25) is 5.96 Å². The molecule has 3 rings (SSSR count). The van der Waals surface area contributed by atoms with Gasteiger partial charge < -0.3 is 16.0 Å². The van der Waals surface area contributed by atoms with Crippen LogP contribution >= 0.6 is 11.6 Å². The lowest BCUT2D eigenvalue weighted by Gasteiger charge is -2.30. The zero-order chi connectivity index (χ0) is 25.8. The van der Waals surface area contributed by atoms with Crippen LogP contribution < -0.4 is 16.0 Å². The first-order valence-corrected chi connectivity index (χ1v) is 10.7. The summed E-state index contributed by atoms with van der Waals surface area (Å²) < 4.78 is 77.8. The van der Waals surface area contributed by atoms with Gasteiger partial charge in [-0.2, -0.15) is 18.2 Å². The van der Waals surface area contributed by atoms with E-state index in [1.807, 2.05) is 5.32 Å². The summed E-state index contributed by atoms with van der Waals surface area (Å²) >= 11 is 5.85. The van der Waals surface area contributed by atoms with Crippen LogP contribution in [-0.2, 0) is 4.79 Å². The van der Waals surface area contributed by atoms with Crippen molar-refractivity contribution in [3.63, 3.8) is 0 Å². The summed E-state index contributed by atoms with van der Waals surface area (Å²) in [5.41, 5.74) is -0.119. The Morgan fingerprint density at radius 2 is 1.51 bits per heavy atom. The second-order valence-electron chi connectivity index (χ2n) is 7.84. The van der Waals surface area contributed by atoms with E-state index < -0.39 is 41.5 Å². The Hall–Kier alpha value is -3.28. The number of nitrogens with zero attached hydrogens (tertiary/aromatic N) is 1. The van der Waals surface area contributed by atoms with Crippen LogP contribution in [0.5, 0.6) is 0 Å². The van der Waals surface area contributed by atoms with E-state index in [1.54, 1.807) is 0 Å². The fourth-order valence-corrected chi connectivity index (χ4v) is 3.72. The normalized spacial score (nSPS) is 18.7. The number of carbonyl (C=O) groups excluding carboxylic acids is 2. The predicted octanol–water partition coefficient (Wildman–Crippen LogP) is 4.94. The molecule has 2 aromatic rings. The number of hydrogen-bond donors (Lipinski definition) is 3. The molecular weight excluding hydrogens is 502 g/mol. The van der Waals surface area contributed by atoms with Gasteiger partial charge in [0.15, 0.2) is 11.6 Å². The molecule has 6 nitrogen and oxygen atoms in total. The Balaban J connectivity index is 1.74. The van der Waals surface area contributed by atoms with Crippen molar-refractivity contribution < 1.29 is 35.9 Å². The third kappa shape index (κ3) is 7.61. The lowest BCUT2D eigenvalue weighted by Crippen LogP contribution is -2.48. The summed E-state index contributed by atoms with van der Waals surface area (Å²) in [4.78, 5) is 27.5. The lowest BCUT2D eigenvalue weighted by atomic mass is 9.91. The Morgan fingerprint density at radius 3 is 2.09 bits per heavy atom. The van der Waals surface area contributed by atoms with Gasteiger partial charge in [0.05, 0.1) is 0 Å². The van der Waals surface area contributed by atoms with Crippen LogP contribution in [-0.4, -0.2) is 36.0 Å². The molecule has 13 heteroatoms. The molecule has 1 saturated carbocycles. The molecule has 0 saturated heterocycles. The van der Waals surface area contributed by atoms with E-state index in [4.69, 9.17) is 11.6 Å². The molecule has 0 atom stereocenters. The topological polar surface area (TPSA) is 82.6 Å². The van der Waals surface area contributed by atoms with Crippen LogP contribution in [0.1, 0.15) is 36.0 Å². The van der Waals surface area contributed by atoms with Crippen LogP contribution in [0.2, 0.25) is 5.02 Å². The molecule has 1 aliphatic carbocycles. The summed E-state index contributed by atoms with van der Waals surface area (Å²) in [5.74, 6) is -6.18. The van der Waals surface area contributed by atoms with Crippen molar-refractivity contribution >= 4 is 35.1 Å². The number of rotatable bonds is 4. The summed E-state index contributed by atoms with van der Waals surface area (Å²) in [6, 6.07) is 4.91. The molecule has 188 valence electrons. The minimum Gasteiger partial charge on any atom is -0.353 e. The SMILES string of the molecule is O=C(/N=C(/Nc1cc(F)cc(Cl)c1)N[C@H]1CC[C@H](NC(=O)C(F)(F)F)CC1)c1ccc(F)c(F)c1. The van der Waals surface area contributed by atoms with Gasteiger partial charge in [-0.05, 0) is 62.1 Å². The molecular formula is C22H19ClF6N4O2. The minimum atomic E-state index is -4.98. The Kier molecular flexibility index (Phi) is 8.26. The maximum atomic E-state index is 13.7. The van der Waals surface area contributed by atoms with Gasteiger partial charge in [0, 0.05) is 28.4 Å². The number of amides is 2. The third-order valence-corrected chi connectivity index (χ3v) is 5.38. The molecule has 1 aliphatic rings. The van der Waals surface area contributed by atoms with Gasteiger partial charge in [-0.3, -0.25) is 9.59 Å². The average molecular weight is 521 g/mol. The predicted molar refractivity (Wildman–Crippen MR) is 117 cm³/mol. The van der Waals surface area contributed by atoms with Crippen LogP contribution in [0, 0.1) is 17.5 Å². The van der Waals surface area contributed by atoms with Crippen molar-refractivity contribution in [2.24, 2.45) is 4.99 Å². The van der Waals surface area contributed by atoms with Crippen LogP contribution in [0.25, 0.3) is 0 Å². The third-order valence-electron chi connectivity index (χ3n) is 5.17. The number of carbonyl (C=O) groups is 2. The highest BCUT2D eigenvalue weighted by molar-refractivity contribution is 6.31. The zero-order valence-corrected chi connectivity index (χ0v) is 18.6. The van der Waals surface area contributed by atoms with Crippen molar-refractivity contribution in [1.82, 2.24) is 10.6 Å². The molecule has 35 heavy (non-hydrogen) atoms. The number of aliphatic imine (C=N–C) groups is 1. The fourth-order valence-electron chi connectivity index (χ4n) is 3.50. The van der Waals surface area contributed by atoms with E-state index in [-0.39, 0.29) is 41.1 Å².